The number of fused-ring (bicyclic) bond motifs is 1. The molecule has 1 saturated heterocycles. The summed E-state index contributed by atoms with van der Waals surface area (Å²) in [6.45, 7) is 1.97. The number of carbonyl (C=O) groups excluding carboxylic acids is 1. The molecular weight excluding hydrogens is 168 g/mol. The third-order valence-corrected chi connectivity index (χ3v) is 3.07. The minimum absolute atomic E-state index is 0.0258. The second-order valence-corrected chi connectivity index (χ2v) is 3.87. The molecule has 1 heterocycles. The molecule has 0 aromatic carbocycles. The van der Waals surface area contributed by atoms with Crippen molar-refractivity contribution in [3.05, 3.63) is 12.2 Å². The fourth-order valence-corrected chi connectivity index (χ4v) is 2.37. The predicted molar refractivity (Wildman–Crippen MR) is 46.9 cm³/mol. The maximum Gasteiger partial charge on any atom is 0.310 e. The van der Waals surface area contributed by atoms with Gasteiger partial charge in [0, 0.05) is 5.92 Å². The molecule has 0 bridgehead atoms. The fourth-order valence-electron chi connectivity index (χ4n) is 2.37. The average Bonchev–Trinajstić information content (AvgIpc) is 2.44. The van der Waals surface area contributed by atoms with E-state index in [1.54, 1.807) is 0 Å². The van der Waals surface area contributed by atoms with E-state index in [9.17, 15) is 4.79 Å². The highest BCUT2D eigenvalue weighted by atomic mass is 16.6. The molecule has 3 nitrogen and oxygen atoms in total. The highest BCUT2D eigenvalue weighted by Crippen LogP contribution is 2.39. The van der Waals surface area contributed by atoms with Crippen molar-refractivity contribution in [2.45, 2.75) is 19.4 Å². The van der Waals surface area contributed by atoms with Gasteiger partial charge in [0.05, 0.1) is 12.5 Å². The second-order valence-electron chi connectivity index (χ2n) is 3.87. The number of allylic oxidation sites excluding steroid dienone is 2. The average molecular weight is 182 g/mol. The van der Waals surface area contributed by atoms with E-state index in [0.29, 0.717) is 0 Å². The zero-order valence-electron chi connectivity index (χ0n) is 7.64. The molecule has 1 fully saturated rings. The van der Waals surface area contributed by atoms with Gasteiger partial charge in [-0.05, 0) is 12.3 Å². The number of cyclic esters (lactones) is 1. The molecule has 4 atom stereocenters. The Kier molecular flexibility index (Phi) is 2.12. The summed E-state index contributed by atoms with van der Waals surface area (Å²) in [5, 5.41) is 9.01. The van der Waals surface area contributed by atoms with E-state index in [-0.39, 0.29) is 36.4 Å². The summed E-state index contributed by atoms with van der Waals surface area (Å²) >= 11 is 0. The van der Waals surface area contributed by atoms with E-state index in [2.05, 4.69) is 12.2 Å². The maximum absolute atomic E-state index is 11.4. The molecule has 0 unspecified atom stereocenters. The molecule has 72 valence electrons. The maximum atomic E-state index is 11.4. The van der Waals surface area contributed by atoms with Crippen molar-refractivity contribution in [2.24, 2.45) is 17.8 Å². The summed E-state index contributed by atoms with van der Waals surface area (Å²) in [4.78, 5) is 11.4. The van der Waals surface area contributed by atoms with Crippen LogP contribution in [0.1, 0.15) is 13.3 Å². The lowest BCUT2D eigenvalue weighted by Crippen LogP contribution is -2.29. The Bertz CT molecular complexity index is 247. The van der Waals surface area contributed by atoms with Crippen molar-refractivity contribution in [1.29, 1.82) is 0 Å². The van der Waals surface area contributed by atoms with E-state index in [4.69, 9.17) is 9.84 Å². The summed E-state index contributed by atoms with van der Waals surface area (Å²) in [6, 6.07) is 0. The van der Waals surface area contributed by atoms with Crippen molar-refractivity contribution >= 4 is 5.97 Å². The Morgan fingerprint density at radius 2 is 2.46 bits per heavy atom. The fraction of sp³-hybridized carbons (Fsp3) is 0.700. The molecule has 0 saturated carbocycles. The van der Waals surface area contributed by atoms with Crippen molar-refractivity contribution in [3.8, 4) is 0 Å². The van der Waals surface area contributed by atoms with E-state index in [1.165, 1.54) is 0 Å². The summed E-state index contributed by atoms with van der Waals surface area (Å²) in [7, 11) is 0. The van der Waals surface area contributed by atoms with Gasteiger partial charge in [-0.25, -0.2) is 0 Å². The molecule has 2 rings (SSSR count). The third kappa shape index (κ3) is 1.27. The first-order chi connectivity index (χ1) is 6.24. The van der Waals surface area contributed by atoms with E-state index < -0.39 is 0 Å². The van der Waals surface area contributed by atoms with E-state index >= 15 is 0 Å². The van der Waals surface area contributed by atoms with Crippen molar-refractivity contribution in [2.75, 3.05) is 6.61 Å². The van der Waals surface area contributed by atoms with Gasteiger partial charge in [0.15, 0.2) is 0 Å². The molecule has 0 amide bonds. The lowest BCUT2D eigenvalue weighted by molar-refractivity contribution is -0.146. The summed E-state index contributed by atoms with van der Waals surface area (Å²) < 4.78 is 5.10. The highest BCUT2D eigenvalue weighted by Gasteiger charge is 2.46. The molecule has 0 aromatic heterocycles. The molecule has 0 spiro atoms. The van der Waals surface area contributed by atoms with E-state index in [1.807, 2.05) is 6.92 Å². The van der Waals surface area contributed by atoms with Gasteiger partial charge in [0.1, 0.15) is 6.10 Å². The minimum Gasteiger partial charge on any atom is -0.459 e. The van der Waals surface area contributed by atoms with Gasteiger partial charge >= 0.3 is 5.97 Å². The molecule has 13 heavy (non-hydrogen) atoms. The molecule has 3 heteroatoms. The van der Waals surface area contributed by atoms with Crippen LogP contribution in [0.4, 0.5) is 0 Å². The first-order valence-electron chi connectivity index (χ1n) is 4.72. The van der Waals surface area contributed by atoms with Gasteiger partial charge in [0.2, 0.25) is 0 Å². The number of esters is 1. The van der Waals surface area contributed by atoms with Crippen LogP contribution in [0.2, 0.25) is 0 Å². The predicted octanol–water partition coefficient (Wildman–Crippen LogP) is 0.732. The third-order valence-electron chi connectivity index (χ3n) is 3.07. The number of rotatable bonds is 1. The van der Waals surface area contributed by atoms with Crippen LogP contribution in [-0.4, -0.2) is 23.8 Å². The number of hydrogen-bond donors (Lipinski definition) is 1. The van der Waals surface area contributed by atoms with Gasteiger partial charge in [-0.15, -0.1) is 0 Å². The lowest BCUT2D eigenvalue weighted by atomic mass is 9.76. The van der Waals surface area contributed by atoms with Crippen LogP contribution in [0, 0.1) is 17.8 Å². The SMILES string of the molecule is C[C@@H]1C=CC[C@H]2[C@@H]1C(=O)O[C@@H]2CO. The van der Waals surface area contributed by atoms with Gasteiger partial charge in [-0.3, -0.25) is 4.79 Å². The topological polar surface area (TPSA) is 46.5 Å². The summed E-state index contributed by atoms with van der Waals surface area (Å²) in [6.07, 6.45) is 4.72. The van der Waals surface area contributed by atoms with Crippen LogP contribution in [0.15, 0.2) is 12.2 Å². The Balaban J connectivity index is 2.22. The van der Waals surface area contributed by atoms with Crippen molar-refractivity contribution in [1.82, 2.24) is 0 Å². The number of hydrogen-bond acceptors (Lipinski definition) is 3. The molecule has 1 N–H and O–H groups in total. The van der Waals surface area contributed by atoms with Gasteiger partial charge in [0.25, 0.3) is 0 Å². The van der Waals surface area contributed by atoms with Crippen molar-refractivity contribution < 1.29 is 14.6 Å². The molecule has 1 aliphatic heterocycles. The van der Waals surface area contributed by atoms with Crippen LogP contribution in [-0.2, 0) is 9.53 Å². The van der Waals surface area contributed by atoms with Crippen LogP contribution in [0.25, 0.3) is 0 Å². The zero-order chi connectivity index (χ0) is 9.42. The quantitative estimate of drug-likeness (QED) is 0.480. The van der Waals surface area contributed by atoms with E-state index in [0.717, 1.165) is 6.42 Å². The van der Waals surface area contributed by atoms with Crippen LogP contribution in [0.5, 0.6) is 0 Å². The molecule has 0 radical (unpaired) electrons. The first-order valence-corrected chi connectivity index (χ1v) is 4.72. The monoisotopic (exact) mass is 182 g/mol. The van der Waals surface area contributed by atoms with Gasteiger partial charge < -0.3 is 9.84 Å². The Hall–Kier alpha value is -0.830. The molecule has 0 aromatic rings. The molecule has 2 aliphatic rings. The second kappa shape index (κ2) is 3.14. The number of aliphatic hydroxyl groups excluding tert-OH is 1. The Morgan fingerprint density at radius 1 is 1.69 bits per heavy atom. The van der Waals surface area contributed by atoms with Crippen LogP contribution >= 0.6 is 0 Å². The number of aliphatic hydroxyl groups is 1. The lowest BCUT2D eigenvalue weighted by Gasteiger charge is -2.24. The largest absolute Gasteiger partial charge is 0.459 e. The minimum atomic E-state index is -0.273. The van der Waals surface area contributed by atoms with Gasteiger partial charge in [-0.1, -0.05) is 19.1 Å². The highest BCUT2D eigenvalue weighted by molar-refractivity contribution is 5.76. The Labute approximate surface area is 77.4 Å². The van der Waals surface area contributed by atoms with Gasteiger partial charge in [-0.2, -0.15) is 0 Å². The molecule has 1 aliphatic carbocycles. The summed E-state index contributed by atoms with van der Waals surface area (Å²) in [5.74, 6) is 0.281. The van der Waals surface area contributed by atoms with Crippen LogP contribution in [0.3, 0.4) is 0 Å². The van der Waals surface area contributed by atoms with Crippen molar-refractivity contribution in [3.63, 3.8) is 0 Å². The zero-order valence-corrected chi connectivity index (χ0v) is 7.64. The Morgan fingerprint density at radius 3 is 3.15 bits per heavy atom. The number of ether oxygens (including phenoxy) is 1. The molecular formula is C10H14O3. The number of carbonyl (C=O) groups is 1. The van der Waals surface area contributed by atoms with Crippen LogP contribution < -0.4 is 0 Å². The summed E-state index contributed by atoms with van der Waals surface area (Å²) in [5.41, 5.74) is 0. The first kappa shape index (κ1) is 8.75. The normalized spacial score (nSPS) is 43.1. The standard InChI is InChI=1S/C10H14O3/c1-6-3-2-4-7-8(5-11)13-10(12)9(6)7/h2-3,6-9,11H,4-5H2,1H3/t6-,7-,8-,9-/m1/s1. The smallest absolute Gasteiger partial charge is 0.310 e.